The van der Waals surface area contributed by atoms with E-state index in [0.717, 1.165) is 16.0 Å². The number of fused-ring (bicyclic) bond motifs is 2. The molecule has 1 amide bonds. The number of methoxy groups -OCH3 is 4. The van der Waals surface area contributed by atoms with Crippen molar-refractivity contribution >= 4 is 44.1 Å². The molecule has 2 aliphatic heterocycles. The molecule has 1 saturated heterocycles. The summed E-state index contributed by atoms with van der Waals surface area (Å²) in [4.78, 5) is 33.5. The van der Waals surface area contributed by atoms with Crippen LogP contribution in [0, 0.1) is 0 Å². The molecule has 42 heavy (non-hydrogen) atoms. The molecule has 3 aromatic carbocycles. The van der Waals surface area contributed by atoms with Crippen molar-refractivity contribution < 1.29 is 38.4 Å². The Labute approximate surface area is 245 Å². The largest absolute Gasteiger partial charge is 0.507 e. The van der Waals surface area contributed by atoms with Gasteiger partial charge in [-0.1, -0.05) is 11.3 Å². The number of ether oxygens (including phenoxy) is 5. The normalized spacial score (nSPS) is 19.1. The molecule has 2 aliphatic rings. The number of nitrogens with zero attached hydrogens (tertiary/aromatic N) is 2. The Bertz CT molecular complexity index is 1750. The van der Waals surface area contributed by atoms with Gasteiger partial charge in [-0.25, -0.2) is 4.98 Å². The van der Waals surface area contributed by atoms with E-state index in [1.54, 1.807) is 49.6 Å². The number of ketones is 1. The lowest BCUT2D eigenvalue weighted by Crippen LogP contribution is -2.29. The maximum atomic E-state index is 13.8. The molecule has 0 aliphatic carbocycles. The van der Waals surface area contributed by atoms with Crippen LogP contribution < -0.4 is 28.6 Å². The Hall–Kier alpha value is -4.77. The van der Waals surface area contributed by atoms with E-state index in [0.29, 0.717) is 46.1 Å². The molecular weight excluding hydrogens is 560 g/mol. The quantitative estimate of drug-likeness (QED) is 0.175. The second-order valence-electron chi connectivity index (χ2n) is 9.91. The Morgan fingerprint density at radius 3 is 2.38 bits per heavy atom. The number of hydrogen-bond donors (Lipinski definition) is 1. The van der Waals surface area contributed by atoms with E-state index in [1.165, 1.54) is 37.6 Å². The summed E-state index contributed by atoms with van der Waals surface area (Å²) in [7, 11) is 6.01. The van der Waals surface area contributed by atoms with Crippen molar-refractivity contribution in [1.82, 2.24) is 4.98 Å². The van der Waals surface area contributed by atoms with Crippen molar-refractivity contribution in [3.8, 4) is 28.7 Å². The number of aromatic nitrogens is 1. The van der Waals surface area contributed by atoms with E-state index < -0.39 is 17.7 Å². The summed E-state index contributed by atoms with van der Waals surface area (Å²) in [5.41, 5.74) is 2.31. The molecule has 0 saturated carbocycles. The van der Waals surface area contributed by atoms with Crippen molar-refractivity contribution in [2.24, 2.45) is 0 Å². The maximum absolute atomic E-state index is 13.8. The van der Waals surface area contributed by atoms with Crippen LogP contribution >= 0.6 is 11.3 Å². The number of thiazole rings is 1. The molecule has 2 atom stereocenters. The van der Waals surface area contributed by atoms with Crippen LogP contribution in [-0.2, 0) is 16.0 Å². The zero-order valence-electron chi connectivity index (χ0n) is 23.6. The fraction of sp³-hybridized carbons (Fsp3) is 0.258. The van der Waals surface area contributed by atoms with Gasteiger partial charge in [0.1, 0.15) is 23.4 Å². The molecular formula is C31H28N2O8S. The van der Waals surface area contributed by atoms with Crippen molar-refractivity contribution in [1.29, 1.82) is 0 Å². The predicted octanol–water partition coefficient (Wildman–Crippen LogP) is 5.28. The molecule has 10 nitrogen and oxygen atoms in total. The summed E-state index contributed by atoms with van der Waals surface area (Å²) in [5.74, 6) is 0.402. The van der Waals surface area contributed by atoms with Gasteiger partial charge in [-0.3, -0.25) is 14.5 Å². The highest BCUT2D eigenvalue weighted by Crippen LogP contribution is 2.48. The van der Waals surface area contributed by atoms with Crippen LogP contribution in [0.1, 0.15) is 29.7 Å². The Balaban J connectivity index is 1.58. The zero-order chi connectivity index (χ0) is 29.7. The Morgan fingerprint density at radius 1 is 0.976 bits per heavy atom. The summed E-state index contributed by atoms with van der Waals surface area (Å²) in [6, 6.07) is 12.9. The van der Waals surface area contributed by atoms with E-state index in [-0.39, 0.29) is 22.6 Å². The summed E-state index contributed by atoms with van der Waals surface area (Å²) in [6.07, 6.45) is 0.663. The standard InChI is InChI=1S/C31H28N2O8S/c1-15-10-17-11-16(6-9-21(17)41-15)27(34)25-26(18-12-22(38-3)29(40-5)23(13-18)39-4)33(30(36)28(25)35)31-32-20-8-7-19(37-2)14-24(20)42-31/h6-9,11-15,26,34H,10H2,1-5H3/b27-25+/t15-,26+/m1/s1. The molecule has 3 heterocycles. The second kappa shape index (κ2) is 10.6. The van der Waals surface area contributed by atoms with Crippen molar-refractivity contribution in [3.05, 3.63) is 70.8 Å². The van der Waals surface area contributed by atoms with Gasteiger partial charge in [0.2, 0.25) is 5.75 Å². The van der Waals surface area contributed by atoms with Gasteiger partial charge in [0, 0.05) is 12.0 Å². The van der Waals surface area contributed by atoms with Gasteiger partial charge in [0.25, 0.3) is 5.78 Å². The molecule has 1 N–H and O–H groups in total. The molecule has 216 valence electrons. The predicted molar refractivity (Wildman–Crippen MR) is 157 cm³/mol. The first kappa shape index (κ1) is 27.4. The van der Waals surface area contributed by atoms with Gasteiger partial charge in [-0.15, -0.1) is 0 Å². The monoisotopic (exact) mass is 588 g/mol. The third-order valence-electron chi connectivity index (χ3n) is 7.41. The number of aliphatic hydroxyl groups is 1. The van der Waals surface area contributed by atoms with Crippen LogP contribution in [0.3, 0.4) is 0 Å². The van der Waals surface area contributed by atoms with E-state index in [9.17, 15) is 14.7 Å². The first-order valence-corrected chi connectivity index (χ1v) is 13.9. The number of hydrogen-bond acceptors (Lipinski definition) is 10. The van der Waals surface area contributed by atoms with Crippen LogP contribution in [0.25, 0.3) is 16.0 Å². The number of anilines is 1. The van der Waals surface area contributed by atoms with E-state index in [1.807, 2.05) is 13.0 Å². The summed E-state index contributed by atoms with van der Waals surface area (Å²) >= 11 is 1.24. The molecule has 1 aromatic heterocycles. The van der Waals surface area contributed by atoms with Gasteiger partial charge in [-0.2, -0.15) is 0 Å². The fourth-order valence-electron chi connectivity index (χ4n) is 5.45. The lowest BCUT2D eigenvalue weighted by molar-refractivity contribution is -0.132. The highest BCUT2D eigenvalue weighted by atomic mass is 32.1. The molecule has 0 unspecified atom stereocenters. The van der Waals surface area contributed by atoms with Gasteiger partial charge in [-0.05, 0) is 66.6 Å². The highest BCUT2D eigenvalue weighted by molar-refractivity contribution is 7.22. The molecule has 0 radical (unpaired) electrons. The Kier molecular flexibility index (Phi) is 6.90. The third kappa shape index (κ3) is 4.37. The van der Waals surface area contributed by atoms with Gasteiger partial charge in [0.05, 0.1) is 50.3 Å². The number of rotatable bonds is 7. The number of aliphatic hydroxyl groups excluding tert-OH is 1. The van der Waals surface area contributed by atoms with E-state index in [2.05, 4.69) is 4.98 Å². The minimum Gasteiger partial charge on any atom is -0.507 e. The van der Waals surface area contributed by atoms with Gasteiger partial charge in [0.15, 0.2) is 16.6 Å². The Morgan fingerprint density at radius 2 is 1.71 bits per heavy atom. The molecule has 0 bridgehead atoms. The number of carbonyl (C=O) groups is 2. The summed E-state index contributed by atoms with van der Waals surface area (Å²) < 4.78 is 28.6. The van der Waals surface area contributed by atoms with Crippen molar-refractivity contribution in [3.63, 3.8) is 0 Å². The zero-order valence-corrected chi connectivity index (χ0v) is 24.4. The molecule has 1 fully saturated rings. The lowest BCUT2D eigenvalue weighted by Gasteiger charge is -2.24. The minimum absolute atomic E-state index is 0.000125. The number of Topliss-reactive ketones (excluding diaryl/α,β-unsaturated/α-hetero) is 1. The summed E-state index contributed by atoms with van der Waals surface area (Å²) in [5, 5.41) is 12.0. The van der Waals surface area contributed by atoms with Crippen molar-refractivity contribution in [2.75, 3.05) is 33.3 Å². The van der Waals surface area contributed by atoms with Crippen LogP contribution in [0.5, 0.6) is 28.7 Å². The topological polar surface area (TPSA) is 117 Å². The number of benzene rings is 3. The molecule has 11 heteroatoms. The first-order chi connectivity index (χ1) is 20.3. The van der Waals surface area contributed by atoms with Crippen LogP contribution in [0.4, 0.5) is 5.13 Å². The molecule has 0 spiro atoms. The van der Waals surface area contributed by atoms with E-state index >= 15 is 0 Å². The smallest absolute Gasteiger partial charge is 0.301 e. The van der Waals surface area contributed by atoms with Crippen LogP contribution in [-0.4, -0.2) is 56.3 Å². The number of amides is 1. The van der Waals surface area contributed by atoms with Crippen LogP contribution in [0.15, 0.2) is 54.1 Å². The lowest BCUT2D eigenvalue weighted by atomic mass is 9.94. The van der Waals surface area contributed by atoms with Crippen LogP contribution in [0.2, 0.25) is 0 Å². The van der Waals surface area contributed by atoms with Crippen molar-refractivity contribution in [2.45, 2.75) is 25.5 Å². The summed E-state index contributed by atoms with van der Waals surface area (Å²) in [6.45, 7) is 1.96. The third-order valence-corrected chi connectivity index (χ3v) is 8.42. The first-order valence-electron chi connectivity index (χ1n) is 13.1. The average molecular weight is 589 g/mol. The number of carbonyl (C=O) groups excluding carboxylic acids is 2. The fourth-order valence-corrected chi connectivity index (χ4v) is 6.47. The molecule has 4 aromatic rings. The van der Waals surface area contributed by atoms with Gasteiger partial charge < -0.3 is 28.8 Å². The SMILES string of the molecule is COc1ccc2nc(N3C(=O)C(=O)/C(=C(/O)c4ccc5c(c4)C[C@@H](C)O5)[C@@H]3c3cc(OC)c(OC)c(OC)c3)sc2c1. The maximum Gasteiger partial charge on any atom is 0.301 e. The van der Waals surface area contributed by atoms with Gasteiger partial charge >= 0.3 is 5.91 Å². The average Bonchev–Trinajstić information content (AvgIpc) is 3.67. The second-order valence-corrected chi connectivity index (χ2v) is 10.9. The molecule has 6 rings (SSSR count). The van der Waals surface area contributed by atoms with E-state index in [4.69, 9.17) is 23.7 Å². The highest BCUT2D eigenvalue weighted by Gasteiger charge is 2.49. The minimum atomic E-state index is -1.05.